The number of rotatable bonds is 4. The quantitative estimate of drug-likeness (QED) is 0.634. The van der Waals surface area contributed by atoms with Gasteiger partial charge in [0.05, 0.1) is 11.4 Å². The lowest BCUT2D eigenvalue weighted by Crippen LogP contribution is -2.16. The Hall–Kier alpha value is -1.18. The number of carbonyl (C=O) groups excluding carboxylic acids is 1. The van der Waals surface area contributed by atoms with E-state index in [1.54, 1.807) is 0 Å². The van der Waals surface area contributed by atoms with Gasteiger partial charge in [0.2, 0.25) is 5.91 Å². The number of thioether (sulfide) groups is 1. The molecule has 3 rings (SSSR count). The van der Waals surface area contributed by atoms with Crippen molar-refractivity contribution in [3.8, 4) is 11.5 Å². The molecular weight excluding hydrogens is 458 g/mol. The van der Waals surface area contributed by atoms with E-state index in [0.717, 1.165) is 36.6 Å². The van der Waals surface area contributed by atoms with Crippen LogP contribution in [0.1, 0.15) is 5.56 Å². The van der Waals surface area contributed by atoms with Gasteiger partial charge in [0.25, 0.3) is 0 Å². The van der Waals surface area contributed by atoms with Crippen molar-refractivity contribution in [2.45, 2.75) is 11.8 Å². The van der Waals surface area contributed by atoms with Crippen LogP contribution in [0, 0.1) is 6.92 Å². The molecule has 1 aliphatic heterocycles. The van der Waals surface area contributed by atoms with E-state index in [1.807, 2.05) is 37.3 Å². The summed E-state index contributed by atoms with van der Waals surface area (Å²) in [7, 11) is 0. The van der Waals surface area contributed by atoms with E-state index >= 15 is 0 Å². The minimum atomic E-state index is -0.0693. The fourth-order valence-electron chi connectivity index (χ4n) is 2.26. The minimum Gasteiger partial charge on any atom is -0.486 e. The molecule has 0 radical (unpaired) electrons. The molecule has 0 spiro atoms. The van der Waals surface area contributed by atoms with Gasteiger partial charge in [0, 0.05) is 13.8 Å². The van der Waals surface area contributed by atoms with E-state index in [2.05, 4.69) is 37.2 Å². The van der Waals surface area contributed by atoms with Crippen molar-refractivity contribution >= 4 is 55.2 Å². The first-order valence-electron chi connectivity index (χ1n) is 7.31. The average molecular weight is 473 g/mol. The Morgan fingerprint density at radius 1 is 1.12 bits per heavy atom. The first-order chi connectivity index (χ1) is 11.5. The Morgan fingerprint density at radius 3 is 2.50 bits per heavy atom. The SMILES string of the molecule is Cc1cc(Br)c(NC(=O)CSc2ccc3c(c2)OCCO3)c(Br)c1. The molecular formula is C17H15Br2NO3S. The van der Waals surface area contributed by atoms with Crippen molar-refractivity contribution < 1.29 is 14.3 Å². The molecule has 24 heavy (non-hydrogen) atoms. The van der Waals surface area contributed by atoms with Crippen LogP contribution in [-0.2, 0) is 4.79 Å². The molecule has 1 heterocycles. The largest absolute Gasteiger partial charge is 0.486 e. The summed E-state index contributed by atoms with van der Waals surface area (Å²) < 4.78 is 12.8. The molecule has 0 bridgehead atoms. The molecule has 0 aromatic heterocycles. The molecule has 0 atom stereocenters. The van der Waals surface area contributed by atoms with Crippen LogP contribution in [0.4, 0.5) is 5.69 Å². The van der Waals surface area contributed by atoms with Crippen LogP contribution in [-0.4, -0.2) is 24.9 Å². The third-order valence-corrected chi connectivity index (χ3v) is 5.58. The highest BCUT2D eigenvalue weighted by Gasteiger charge is 2.14. The van der Waals surface area contributed by atoms with E-state index in [0.29, 0.717) is 19.0 Å². The van der Waals surface area contributed by atoms with Crippen LogP contribution in [0.3, 0.4) is 0 Å². The summed E-state index contributed by atoms with van der Waals surface area (Å²) in [6, 6.07) is 9.65. The van der Waals surface area contributed by atoms with E-state index in [1.165, 1.54) is 11.8 Å². The molecule has 1 N–H and O–H groups in total. The zero-order chi connectivity index (χ0) is 17.1. The molecule has 1 amide bonds. The second-order valence-electron chi connectivity index (χ2n) is 5.25. The number of ether oxygens (including phenoxy) is 2. The highest BCUT2D eigenvalue weighted by Crippen LogP contribution is 2.35. The van der Waals surface area contributed by atoms with Crippen LogP contribution in [0.15, 0.2) is 44.2 Å². The third-order valence-electron chi connectivity index (χ3n) is 3.33. The van der Waals surface area contributed by atoms with E-state index in [9.17, 15) is 4.79 Å². The zero-order valence-corrected chi connectivity index (χ0v) is 16.9. The lowest BCUT2D eigenvalue weighted by Gasteiger charge is -2.18. The predicted octanol–water partition coefficient (Wildman–Crippen LogP) is 5.02. The number of amides is 1. The van der Waals surface area contributed by atoms with Crippen LogP contribution < -0.4 is 14.8 Å². The predicted molar refractivity (Wildman–Crippen MR) is 103 cm³/mol. The fraction of sp³-hybridized carbons (Fsp3) is 0.235. The number of anilines is 1. The second kappa shape index (κ2) is 7.80. The van der Waals surface area contributed by atoms with Crippen molar-refractivity contribution in [2.24, 2.45) is 0 Å². The Labute approximate surface area is 161 Å². The maximum atomic E-state index is 12.2. The number of fused-ring (bicyclic) bond motifs is 1. The molecule has 0 saturated heterocycles. The van der Waals surface area contributed by atoms with Crippen molar-refractivity contribution in [2.75, 3.05) is 24.3 Å². The van der Waals surface area contributed by atoms with Crippen LogP contribution >= 0.6 is 43.6 Å². The van der Waals surface area contributed by atoms with Gasteiger partial charge in [-0.15, -0.1) is 11.8 Å². The Morgan fingerprint density at radius 2 is 1.79 bits per heavy atom. The molecule has 0 unspecified atom stereocenters. The normalized spacial score (nSPS) is 12.8. The number of benzene rings is 2. The summed E-state index contributed by atoms with van der Waals surface area (Å²) in [5, 5.41) is 2.93. The maximum Gasteiger partial charge on any atom is 0.234 e. The first kappa shape index (κ1) is 17.6. The molecule has 0 saturated carbocycles. The summed E-state index contributed by atoms with van der Waals surface area (Å²) >= 11 is 8.42. The highest BCUT2D eigenvalue weighted by molar-refractivity contribution is 9.11. The molecule has 4 nitrogen and oxygen atoms in total. The summed E-state index contributed by atoms with van der Waals surface area (Å²) in [6.07, 6.45) is 0. The van der Waals surface area contributed by atoms with Crippen LogP contribution in [0.25, 0.3) is 0 Å². The minimum absolute atomic E-state index is 0.0693. The average Bonchev–Trinajstić information content (AvgIpc) is 2.56. The third kappa shape index (κ3) is 4.26. The fourth-order valence-corrected chi connectivity index (χ4v) is 4.60. The monoisotopic (exact) mass is 471 g/mol. The Balaban J connectivity index is 1.62. The van der Waals surface area contributed by atoms with Crippen molar-refractivity contribution in [3.63, 3.8) is 0 Å². The lowest BCUT2D eigenvalue weighted by molar-refractivity contribution is -0.113. The van der Waals surface area contributed by atoms with E-state index < -0.39 is 0 Å². The number of halogens is 2. The summed E-state index contributed by atoms with van der Waals surface area (Å²) in [4.78, 5) is 13.2. The molecule has 0 fully saturated rings. The molecule has 7 heteroatoms. The molecule has 1 aliphatic rings. The van der Waals surface area contributed by atoms with E-state index in [4.69, 9.17) is 9.47 Å². The number of nitrogens with one attached hydrogen (secondary N) is 1. The number of hydrogen-bond acceptors (Lipinski definition) is 4. The number of hydrogen-bond donors (Lipinski definition) is 1. The standard InChI is InChI=1S/C17H15Br2NO3S/c1-10-6-12(18)17(13(19)7-10)20-16(21)9-24-11-2-3-14-15(8-11)23-5-4-22-14/h2-3,6-8H,4-5,9H2,1H3,(H,20,21). The van der Waals surface area contributed by atoms with Gasteiger partial charge in [-0.05, 0) is 74.7 Å². The summed E-state index contributed by atoms with van der Waals surface area (Å²) in [5.74, 6) is 1.73. The number of carbonyl (C=O) groups is 1. The van der Waals surface area contributed by atoms with Crippen LogP contribution in [0.5, 0.6) is 11.5 Å². The molecule has 2 aromatic rings. The topological polar surface area (TPSA) is 47.6 Å². The second-order valence-corrected chi connectivity index (χ2v) is 8.00. The van der Waals surface area contributed by atoms with Crippen LogP contribution in [0.2, 0.25) is 0 Å². The Bertz CT molecular complexity index is 759. The highest BCUT2D eigenvalue weighted by atomic mass is 79.9. The smallest absolute Gasteiger partial charge is 0.234 e. The van der Waals surface area contributed by atoms with Crippen molar-refractivity contribution in [1.82, 2.24) is 0 Å². The van der Waals surface area contributed by atoms with Crippen molar-refractivity contribution in [3.05, 3.63) is 44.8 Å². The van der Waals surface area contributed by atoms with E-state index in [-0.39, 0.29) is 5.91 Å². The summed E-state index contributed by atoms with van der Waals surface area (Å²) in [6.45, 7) is 3.12. The number of aryl methyl sites for hydroxylation is 1. The van der Waals surface area contributed by atoms with Crippen molar-refractivity contribution in [1.29, 1.82) is 0 Å². The van der Waals surface area contributed by atoms with Gasteiger partial charge in [-0.1, -0.05) is 0 Å². The first-order valence-corrected chi connectivity index (χ1v) is 9.88. The molecule has 0 aliphatic carbocycles. The van der Waals surface area contributed by atoms with Gasteiger partial charge in [0.15, 0.2) is 11.5 Å². The summed E-state index contributed by atoms with van der Waals surface area (Å²) in [5.41, 5.74) is 1.85. The van der Waals surface area contributed by atoms with Gasteiger partial charge >= 0.3 is 0 Å². The van der Waals surface area contributed by atoms with Gasteiger partial charge in [-0.3, -0.25) is 4.79 Å². The molecule has 2 aromatic carbocycles. The Kier molecular flexibility index (Phi) is 5.73. The lowest BCUT2D eigenvalue weighted by atomic mass is 10.2. The maximum absolute atomic E-state index is 12.2. The molecule has 126 valence electrons. The van der Waals surface area contributed by atoms with Gasteiger partial charge in [-0.25, -0.2) is 0 Å². The zero-order valence-electron chi connectivity index (χ0n) is 12.9. The van der Waals surface area contributed by atoms with Gasteiger partial charge < -0.3 is 14.8 Å². The van der Waals surface area contributed by atoms with Gasteiger partial charge in [-0.2, -0.15) is 0 Å². The van der Waals surface area contributed by atoms with Gasteiger partial charge in [0.1, 0.15) is 13.2 Å².